The molecule has 2 fully saturated rings. The molecule has 2 atom stereocenters. The van der Waals surface area contributed by atoms with E-state index in [1.807, 2.05) is 47.4 Å². The van der Waals surface area contributed by atoms with E-state index in [2.05, 4.69) is 31.9 Å². The molecular formula is C21H20Br2N2O3S. The lowest BCUT2D eigenvalue weighted by atomic mass is 10.1. The maximum Gasteiger partial charge on any atom is 0.229 e. The van der Waals surface area contributed by atoms with Gasteiger partial charge in [-0.1, -0.05) is 28.1 Å². The summed E-state index contributed by atoms with van der Waals surface area (Å²) in [6, 6.07) is 13.6. The number of carbonyl (C=O) groups is 2. The Balaban J connectivity index is 1.51. The van der Waals surface area contributed by atoms with Gasteiger partial charge in [0.2, 0.25) is 11.8 Å². The molecule has 4 rings (SSSR count). The van der Waals surface area contributed by atoms with Crippen molar-refractivity contribution in [1.29, 1.82) is 0 Å². The number of hydrogen-bond donors (Lipinski definition) is 0. The van der Waals surface area contributed by atoms with Crippen LogP contribution >= 0.6 is 43.6 Å². The van der Waals surface area contributed by atoms with Crippen molar-refractivity contribution < 1.29 is 14.3 Å². The predicted octanol–water partition coefficient (Wildman–Crippen LogP) is 4.85. The SMILES string of the molecule is COc1ccc(C2SCCN2C(=O)C2CC(=O)N(c3cccc(Br)c3)C2)cc1Br. The van der Waals surface area contributed by atoms with Gasteiger partial charge >= 0.3 is 0 Å². The average Bonchev–Trinajstić information content (AvgIpc) is 3.34. The molecule has 2 aliphatic rings. The molecule has 2 heterocycles. The first kappa shape index (κ1) is 20.8. The van der Waals surface area contributed by atoms with Gasteiger partial charge in [-0.15, -0.1) is 11.8 Å². The van der Waals surface area contributed by atoms with E-state index < -0.39 is 0 Å². The van der Waals surface area contributed by atoms with Gasteiger partial charge in [0.25, 0.3) is 0 Å². The first-order valence-electron chi connectivity index (χ1n) is 9.29. The van der Waals surface area contributed by atoms with Gasteiger partial charge in [0, 0.05) is 35.4 Å². The van der Waals surface area contributed by atoms with Crippen molar-refractivity contribution in [3.63, 3.8) is 0 Å². The smallest absolute Gasteiger partial charge is 0.229 e. The summed E-state index contributed by atoms with van der Waals surface area (Å²) >= 11 is 8.73. The molecule has 0 radical (unpaired) electrons. The summed E-state index contributed by atoms with van der Waals surface area (Å²) < 4.78 is 7.10. The Morgan fingerprint density at radius 3 is 2.76 bits per heavy atom. The van der Waals surface area contributed by atoms with E-state index in [0.29, 0.717) is 13.1 Å². The third-order valence-electron chi connectivity index (χ3n) is 5.23. The third kappa shape index (κ3) is 4.20. The van der Waals surface area contributed by atoms with Crippen LogP contribution in [0.5, 0.6) is 5.75 Å². The topological polar surface area (TPSA) is 49.9 Å². The number of hydrogen-bond acceptors (Lipinski definition) is 4. The lowest BCUT2D eigenvalue weighted by Crippen LogP contribution is -2.37. The standard InChI is InChI=1S/C21H20Br2N2O3S/c1-28-18-6-5-13(9-17(18)23)21-24(7-8-29-21)20(27)14-10-19(26)25(12-14)16-4-2-3-15(22)11-16/h2-6,9,11,14,21H,7-8,10,12H2,1H3. The Kier molecular flexibility index (Phi) is 6.22. The number of amides is 2. The maximum atomic E-state index is 13.3. The summed E-state index contributed by atoms with van der Waals surface area (Å²) in [5, 5.41) is -0.0419. The molecule has 2 aliphatic heterocycles. The number of carbonyl (C=O) groups excluding carboxylic acids is 2. The van der Waals surface area contributed by atoms with E-state index in [4.69, 9.17) is 4.74 Å². The number of thioether (sulfide) groups is 1. The normalized spacial score (nSPS) is 21.7. The first-order valence-corrected chi connectivity index (χ1v) is 11.9. The lowest BCUT2D eigenvalue weighted by molar-refractivity contribution is -0.136. The fraction of sp³-hybridized carbons (Fsp3) is 0.333. The van der Waals surface area contributed by atoms with Crippen molar-refractivity contribution in [2.24, 2.45) is 5.92 Å². The number of anilines is 1. The molecule has 0 aliphatic carbocycles. The van der Waals surface area contributed by atoms with Crippen molar-refractivity contribution in [2.45, 2.75) is 11.8 Å². The van der Waals surface area contributed by atoms with Crippen molar-refractivity contribution in [1.82, 2.24) is 4.90 Å². The molecular weight excluding hydrogens is 520 g/mol. The van der Waals surface area contributed by atoms with Crippen LogP contribution in [0.1, 0.15) is 17.4 Å². The predicted molar refractivity (Wildman–Crippen MR) is 122 cm³/mol. The Morgan fingerprint density at radius 2 is 2.03 bits per heavy atom. The third-order valence-corrected chi connectivity index (χ3v) is 7.60. The first-order chi connectivity index (χ1) is 14.0. The monoisotopic (exact) mass is 538 g/mol. The zero-order chi connectivity index (χ0) is 20.5. The van der Waals surface area contributed by atoms with Gasteiger partial charge in [0.15, 0.2) is 0 Å². The number of benzene rings is 2. The van der Waals surface area contributed by atoms with Crippen LogP contribution in [0, 0.1) is 5.92 Å². The summed E-state index contributed by atoms with van der Waals surface area (Å²) in [5.74, 6) is 1.38. The highest BCUT2D eigenvalue weighted by atomic mass is 79.9. The van der Waals surface area contributed by atoms with Crippen LogP contribution in [0.25, 0.3) is 0 Å². The Bertz CT molecular complexity index is 955. The molecule has 0 spiro atoms. The molecule has 0 N–H and O–H groups in total. The van der Waals surface area contributed by atoms with Gasteiger partial charge in [0.05, 0.1) is 17.5 Å². The summed E-state index contributed by atoms with van der Waals surface area (Å²) in [7, 11) is 1.63. The average molecular weight is 540 g/mol. The highest BCUT2D eigenvalue weighted by Crippen LogP contribution is 2.42. The molecule has 0 bridgehead atoms. The lowest BCUT2D eigenvalue weighted by Gasteiger charge is -2.27. The summed E-state index contributed by atoms with van der Waals surface area (Å²) in [4.78, 5) is 29.5. The number of halogens is 2. The van der Waals surface area contributed by atoms with E-state index in [1.54, 1.807) is 23.8 Å². The fourth-order valence-electron chi connectivity index (χ4n) is 3.81. The van der Waals surface area contributed by atoms with Gasteiger partial charge in [0.1, 0.15) is 11.1 Å². The van der Waals surface area contributed by atoms with Crippen LogP contribution in [0.15, 0.2) is 51.4 Å². The fourth-order valence-corrected chi connectivity index (χ4v) is 6.01. The van der Waals surface area contributed by atoms with Gasteiger partial charge in [-0.05, 0) is 51.8 Å². The molecule has 8 heteroatoms. The van der Waals surface area contributed by atoms with Crippen molar-refractivity contribution in [3.8, 4) is 5.75 Å². The molecule has 2 unspecified atom stereocenters. The molecule has 2 saturated heterocycles. The molecule has 152 valence electrons. The van der Waals surface area contributed by atoms with E-state index in [9.17, 15) is 9.59 Å². The van der Waals surface area contributed by atoms with Crippen LogP contribution in [0.3, 0.4) is 0 Å². The highest BCUT2D eigenvalue weighted by molar-refractivity contribution is 9.10. The zero-order valence-corrected chi connectivity index (χ0v) is 19.8. The molecule has 5 nitrogen and oxygen atoms in total. The van der Waals surface area contributed by atoms with Crippen LogP contribution in [0.4, 0.5) is 5.69 Å². The minimum absolute atomic E-state index is 0.00274. The van der Waals surface area contributed by atoms with Crippen LogP contribution in [-0.2, 0) is 9.59 Å². The molecule has 2 amide bonds. The van der Waals surface area contributed by atoms with E-state index in [0.717, 1.165) is 31.7 Å². The Hall–Kier alpha value is -1.51. The number of nitrogens with zero attached hydrogens (tertiary/aromatic N) is 2. The number of methoxy groups -OCH3 is 1. The highest BCUT2D eigenvalue weighted by Gasteiger charge is 2.41. The molecule has 2 aromatic carbocycles. The van der Waals surface area contributed by atoms with Gasteiger partial charge in [-0.3, -0.25) is 9.59 Å². The largest absolute Gasteiger partial charge is 0.496 e. The van der Waals surface area contributed by atoms with Gasteiger partial charge < -0.3 is 14.5 Å². The van der Waals surface area contributed by atoms with Crippen LogP contribution < -0.4 is 9.64 Å². The molecule has 0 aromatic heterocycles. The minimum Gasteiger partial charge on any atom is -0.496 e. The Labute approximate surface area is 191 Å². The molecule has 2 aromatic rings. The number of rotatable bonds is 4. The Morgan fingerprint density at radius 1 is 1.21 bits per heavy atom. The van der Waals surface area contributed by atoms with E-state index in [1.165, 1.54) is 0 Å². The maximum absolute atomic E-state index is 13.3. The van der Waals surface area contributed by atoms with E-state index >= 15 is 0 Å². The second-order valence-corrected chi connectivity index (χ2v) is 9.99. The second-order valence-electron chi connectivity index (χ2n) is 7.03. The van der Waals surface area contributed by atoms with Crippen LogP contribution in [-0.4, -0.2) is 42.7 Å². The minimum atomic E-state index is -0.315. The van der Waals surface area contributed by atoms with Gasteiger partial charge in [-0.25, -0.2) is 0 Å². The van der Waals surface area contributed by atoms with Crippen LogP contribution in [0.2, 0.25) is 0 Å². The molecule has 29 heavy (non-hydrogen) atoms. The summed E-state index contributed by atoms with van der Waals surface area (Å²) in [6.07, 6.45) is 0.255. The van der Waals surface area contributed by atoms with Crippen molar-refractivity contribution >= 4 is 61.1 Å². The summed E-state index contributed by atoms with van der Waals surface area (Å²) in [6.45, 7) is 1.12. The molecule has 0 saturated carbocycles. The zero-order valence-electron chi connectivity index (χ0n) is 15.8. The van der Waals surface area contributed by atoms with Crippen molar-refractivity contribution in [3.05, 3.63) is 57.0 Å². The van der Waals surface area contributed by atoms with Gasteiger partial charge in [-0.2, -0.15) is 0 Å². The van der Waals surface area contributed by atoms with E-state index in [-0.39, 0.29) is 29.5 Å². The summed E-state index contributed by atoms with van der Waals surface area (Å²) in [5.41, 5.74) is 1.88. The quantitative estimate of drug-likeness (QED) is 0.557. The number of ether oxygens (including phenoxy) is 1. The van der Waals surface area contributed by atoms with Crippen molar-refractivity contribution in [2.75, 3.05) is 30.9 Å². The second kappa shape index (κ2) is 8.70.